The molecule has 0 aromatic rings. The van der Waals surface area contributed by atoms with Crippen molar-refractivity contribution in [3.63, 3.8) is 0 Å². The molecule has 6 heteroatoms. The highest BCUT2D eigenvalue weighted by Gasteiger charge is 2.19. The maximum atomic E-state index is 12.9. The lowest BCUT2D eigenvalue weighted by Crippen LogP contribution is -2.30. The Kier molecular flexibility index (Phi) is 66.2. The number of carbonyl (C=O) groups excluding carboxylic acids is 3. The lowest BCUT2D eigenvalue weighted by atomic mass is 10.0. The van der Waals surface area contributed by atoms with Gasteiger partial charge in [0.15, 0.2) is 6.10 Å². The van der Waals surface area contributed by atoms with E-state index in [1.165, 1.54) is 199 Å². The lowest BCUT2D eigenvalue weighted by Gasteiger charge is -2.18. The van der Waals surface area contributed by atoms with Gasteiger partial charge in [0.1, 0.15) is 13.2 Å². The van der Waals surface area contributed by atoms with Crippen LogP contribution in [-0.4, -0.2) is 37.2 Å². The van der Waals surface area contributed by atoms with E-state index in [1.807, 2.05) is 6.08 Å². The summed E-state index contributed by atoms with van der Waals surface area (Å²) in [4.78, 5) is 38.3. The molecule has 1 atom stereocenters. The largest absolute Gasteiger partial charge is 0.462 e. The highest BCUT2D eigenvalue weighted by Crippen LogP contribution is 2.17. The fourth-order valence-electron chi connectivity index (χ4n) is 9.79. The van der Waals surface area contributed by atoms with Gasteiger partial charge in [-0.05, 0) is 116 Å². The zero-order chi connectivity index (χ0) is 59.2. The number of rotatable bonds is 63. The summed E-state index contributed by atoms with van der Waals surface area (Å²) in [5.74, 6) is -0.985. The third-order valence-electron chi connectivity index (χ3n) is 15.0. The van der Waals surface area contributed by atoms with Gasteiger partial charge in [-0.2, -0.15) is 0 Å². The fourth-order valence-corrected chi connectivity index (χ4v) is 9.79. The molecule has 470 valence electrons. The van der Waals surface area contributed by atoms with Crippen LogP contribution in [0.15, 0.2) is 109 Å². The Morgan fingerprint density at radius 1 is 0.256 bits per heavy atom. The van der Waals surface area contributed by atoms with Crippen molar-refractivity contribution in [2.75, 3.05) is 13.2 Å². The summed E-state index contributed by atoms with van der Waals surface area (Å²) in [6.45, 7) is 6.45. The molecule has 0 aliphatic carbocycles. The molecule has 0 N–H and O–H groups in total. The van der Waals surface area contributed by atoms with Gasteiger partial charge in [0.25, 0.3) is 0 Å². The van der Waals surface area contributed by atoms with Crippen LogP contribution in [0.25, 0.3) is 0 Å². The first-order valence-electron chi connectivity index (χ1n) is 34.9. The second-order valence-corrected chi connectivity index (χ2v) is 23.1. The molecule has 0 spiro atoms. The second kappa shape index (κ2) is 69.6. The van der Waals surface area contributed by atoms with Crippen molar-refractivity contribution in [3.05, 3.63) is 109 Å². The van der Waals surface area contributed by atoms with Crippen LogP contribution in [0, 0.1) is 0 Å². The predicted octanol–water partition coefficient (Wildman–Crippen LogP) is 24.2. The van der Waals surface area contributed by atoms with Gasteiger partial charge in [-0.3, -0.25) is 14.4 Å². The van der Waals surface area contributed by atoms with Crippen LogP contribution >= 0.6 is 0 Å². The smallest absolute Gasteiger partial charge is 0.306 e. The highest BCUT2D eigenvalue weighted by atomic mass is 16.6. The molecule has 0 aromatic carbocycles. The number of hydrogen-bond donors (Lipinski definition) is 0. The van der Waals surface area contributed by atoms with Gasteiger partial charge in [0.2, 0.25) is 0 Å². The summed E-state index contributed by atoms with van der Waals surface area (Å²) >= 11 is 0. The molecule has 0 aliphatic heterocycles. The zero-order valence-corrected chi connectivity index (χ0v) is 54.0. The maximum Gasteiger partial charge on any atom is 0.306 e. The predicted molar refractivity (Wildman–Crippen MR) is 357 cm³/mol. The fraction of sp³-hybridized carbons (Fsp3) is 0.724. The van der Waals surface area contributed by atoms with Crippen LogP contribution in [0.3, 0.4) is 0 Å². The van der Waals surface area contributed by atoms with Gasteiger partial charge in [0.05, 0.1) is 0 Å². The molecule has 0 radical (unpaired) electrons. The number of carbonyl (C=O) groups is 3. The average molecular weight is 1140 g/mol. The van der Waals surface area contributed by atoms with Crippen LogP contribution in [0.5, 0.6) is 0 Å². The molecule has 6 nitrogen and oxygen atoms in total. The molecule has 0 bridgehead atoms. The van der Waals surface area contributed by atoms with E-state index in [0.29, 0.717) is 19.3 Å². The topological polar surface area (TPSA) is 78.9 Å². The molecule has 0 aromatic heterocycles. The quantitative estimate of drug-likeness (QED) is 0.0261. The molecular formula is C76H130O6. The Labute approximate surface area is 508 Å². The van der Waals surface area contributed by atoms with Crippen LogP contribution in [0.2, 0.25) is 0 Å². The normalized spacial score (nSPS) is 12.8. The molecule has 1 unspecified atom stereocenters. The summed E-state index contributed by atoms with van der Waals surface area (Å²) in [6.07, 6.45) is 95.7. The maximum absolute atomic E-state index is 12.9. The monoisotopic (exact) mass is 1140 g/mol. The number of hydrogen-bond acceptors (Lipinski definition) is 6. The summed E-state index contributed by atoms with van der Waals surface area (Å²) < 4.78 is 16.9. The minimum absolute atomic E-state index is 0.102. The van der Waals surface area contributed by atoms with Crippen molar-refractivity contribution in [2.24, 2.45) is 0 Å². The summed E-state index contributed by atoms with van der Waals surface area (Å²) in [5, 5.41) is 0. The number of ether oxygens (including phenoxy) is 3. The van der Waals surface area contributed by atoms with Crippen LogP contribution in [0.4, 0.5) is 0 Å². The Morgan fingerprint density at radius 2 is 0.500 bits per heavy atom. The van der Waals surface area contributed by atoms with Gasteiger partial charge < -0.3 is 14.2 Å². The Bertz CT molecular complexity index is 1640. The van der Waals surface area contributed by atoms with E-state index >= 15 is 0 Å². The third-order valence-corrected chi connectivity index (χ3v) is 15.0. The van der Waals surface area contributed by atoms with E-state index in [4.69, 9.17) is 14.2 Å². The summed E-state index contributed by atoms with van der Waals surface area (Å²) in [6, 6.07) is 0. The van der Waals surface area contributed by atoms with Crippen molar-refractivity contribution in [2.45, 2.75) is 341 Å². The van der Waals surface area contributed by atoms with Crippen LogP contribution in [-0.2, 0) is 28.6 Å². The van der Waals surface area contributed by atoms with Crippen molar-refractivity contribution < 1.29 is 28.6 Å². The van der Waals surface area contributed by atoms with Crippen molar-refractivity contribution in [1.29, 1.82) is 0 Å². The third kappa shape index (κ3) is 66.9. The average Bonchev–Trinajstić information content (AvgIpc) is 3.47. The second-order valence-electron chi connectivity index (χ2n) is 23.1. The number of allylic oxidation sites excluding steroid dienone is 18. The number of unbranched alkanes of at least 4 members (excludes halogenated alkanes) is 34. The Hall–Kier alpha value is -3.93. The Morgan fingerprint density at radius 3 is 0.829 bits per heavy atom. The molecule has 0 amide bonds. The SMILES string of the molecule is CC/C=C\C/C=C\C/C=C\C/C=C\CCC(=O)OCC(COC(=O)CCCCCCCCCCCCCCCCCCCC/C=C\C/C=C\C/C=C\CCCCCCC)OC(=O)CCCCCCCCC/C=C\C/C=C\CCCCCC. The minimum atomic E-state index is -0.813. The molecule has 0 saturated carbocycles. The van der Waals surface area contributed by atoms with E-state index in [1.54, 1.807) is 0 Å². The standard InChI is InChI=1S/C76H130O6/c1-4-7-10-13-16-19-22-25-27-29-31-32-33-34-35-36-37-38-39-40-41-42-43-44-45-47-48-51-54-57-60-63-66-69-75(78)81-72-73(71-80-74(77)68-65-62-59-56-53-50-24-21-18-15-12-9-6-3)82-76(79)70-67-64-61-58-55-52-49-46-30-28-26-23-20-17-14-11-8-5-2/h9,12,18,20-23,25,28-31,33-34,50,53,59,62,73H,4-8,10-11,13-17,19,24,26-27,32,35-49,51-52,54-58,60-61,63-72H2,1-3H3/b12-9-,21-18-,23-20-,25-22-,30-28-,31-29-,34-33-,53-50-,62-59-. The van der Waals surface area contributed by atoms with Gasteiger partial charge in [-0.1, -0.05) is 310 Å². The molecule has 0 heterocycles. The van der Waals surface area contributed by atoms with Gasteiger partial charge in [-0.15, -0.1) is 0 Å². The van der Waals surface area contributed by atoms with E-state index in [0.717, 1.165) is 89.9 Å². The van der Waals surface area contributed by atoms with Gasteiger partial charge in [0, 0.05) is 19.3 Å². The first kappa shape index (κ1) is 78.1. The van der Waals surface area contributed by atoms with Gasteiger partial charge >= 0.3 is 17.9 Å². The summed E-state index contributed by atoms with van der Waals surface area (Å²) in [7, 11) is 0. The molecular weight excluding hydrogens is 1010 g/mol. The van der Waals surface area contributed by atoms with E-state index < -0.39 is 6.10 Å². The zero-order valence-electron chi connectivity index (χ0n) is 54.0. The highest BCUT2D eigenvalue weighted by molar-refractivity contribution is 5.71. The van der Waals surface area contributed by atoms with Crippen molar-refractivity contribution in [1.82, 2.24) is 0 Å². The minimum Gasteiger partial charge on any atom is -0.462 e. The number of esters is 3. The van der Waals surface area contributed by atoms with E-state index in [9.17, 15) is 14.4 Å². The first-order chi connectivity index (χ1) is 40.5. The molecule has 82 heavy (non-hydrogen) atoms. The summed E-state index contributed by atoms with van der Waals surface area (Å²) in [5.41, 5.74) is 0. The van der Waals surface area contributed by atoms with Crippen molar-refractivity contribution >= 4 is 17.9 Å². The lowest BCUT2D eigenvalue weighted by molar-refractivity contribution is -0.166. The Balaban J connectivity index is 4.21. The van der Waals surface area contributed by atoms with Gasteiger partial charge in [-0.25, -0.2) is 0 Å². The van der Waals surface area contributed by atoms with Crippen LogP contribution in [0.1, 0.15) is 335 Å². The molecule has 0 aliphatic rings. The molecule has 0 fully saturated rings. The van der Waals surface area contributed by atoms with E-state index in [-0.39, 0.29) is 37.5 Å². The van der Waals surface area contributed by atoms with Crippen molar-refractivity contribution in [3.8, 4) is 0 Å². The van der Waals surface area contributed by atoms with Crippen LogP contribution < -0.4 is 0 Å². The van der Waals surface area contributed by atoms with E-state index in [2.05, 4.69) is 124 Å². The molecule has 0 rings (SSSR count). The molecule has 0 saturated heterocycles. The first-order valence-corrected chi connectivity index (χ1v) is 34.9.